The smallest absolute Gasteiger partial charge is 0.269 e. The van der Waals surface area contributed by atoms with Gasteiger partial charge in [0.1, 0.15) is 18.8 Å². The average molecular weight is 1680 g/mol. The van der Waals surface area contributed by atoms with E-state index in [-0.39, 0.29) is 34.1 Å². The monoisotopic (exact) mass is 1680 g/mol. The van der Waals surface area contributed by atoms with Gasteiger partial charge in [0, 0.05) is 148 Å². The van der Waals surface area contributed by atoms with Crippen LogP contribution in [-0.4, -0.2) is 96.3 Å². The van der Waals surface area contributed by atoms with Gasteiger partial charge in [-0.15, -0.1) is 45.3 Å². The summed E-state index contributed by atoms with van der Waals surface area (Å²) in [4.78, 5) is 108. The summed E-state index contributed by atoms with van der Waals surface area (Å²) in [7, 11) is 9.03. The fourth-order valence-electron chi connectivity index (χ4n) is 13.9. The first kappa shape index (κ1) is 78.2. The van der Waals surface area contributed by atoms with Crippen LogP contribution in [0, 0.1) is 5.82 Å². The van der Waals surface area contributed by atoms with Crippen LogP contribution >= 0.6 is 56.9 Å². The first-order chi connectivity index (χ1) is 58.4. The second-order valence-corrected chi connectivity index (χ2v) is 32.2. The highest BCUT2D eigenvalue weighted by molar-refractivity contribution is 7.24. The van der Waals surface area contributed by atoms with Crippen molar-refractivity contribution < 1.29 is 13.9 Å². The summed E-state index contributed by atoms with van der Waals surface area (Å²) in [6.45, 7) is 3.70. The zero-order chi connectivity index (χ0) is 82.8. The largest absolute Gasteiger partial charge is 0.488 e. The number of aromatic nitrogens is 17. The topological polar surface area (TPSA) is 286 Å². The van der Waals surface area contributed by atoms with Crippen molar-refractivity contribution in [3.63, 3.8) is 0 Å². The molecule has 0 aliphatic rings. The second kappa shape index (κ2) is 33.7. The Morgan fingerprint density at radius 1 is 0.375 bits per heavy atom. The fourth-order valence-corrected chi connectivity index (χ4v) is 18.8. The molecule has 0 unspecified atom stereocenters. The van der Waals surface area contributed by atoms with E-state index in [1.165, 1.54) is 51.4 Å². The van der Waals surface area contributed by atoms with E-state index < -0.39 is 5.82 Å². The SMILES string of the molecule is CC(C)Oc1ccc(-c2c(-c3ccccc3)sc3c(=O)[nH]c(-c4nccn4C)nc23)cc1F.COc1ccc(-c2c(-c3ccccc3)sc3c(=O)[nH]c(-c4nccn4C)nc23)cn1.Cn1ccnc1-c1nc2c(-c3ccccc3)c(-c3ccccc3)sc2c(=O)[nH]1.Cn1ccnc1-c1nc2c(-c3ccccc3Cl)c(-c3ccccc3)sc2c(=O)[nH]1. The summed E-state index contributed by atoms with van der Waals surface area (Å²) < 4.78 is 35.2. The van der Waals surface area contributed by atoms with Gasteiger partial charge in [0.25, 0.3) is 22.2 Å². The van der Waals surface area contributed by atoms with Crippen molar-refractivity contribution in [3.05, 3.63) is 314 Å². The van der Waals surface area contributed by atoms with Crippen LogP contribution in [0.25, 0.3) is 174 Å². The Labute approximate surface area is 703 Å². The lowest BCUT2D eigenvalue weighted by Gasteiger charge is -2.12. The Morgan fingerprint density at radius 2 is 0.692 bits per heavy atom. The number of methoxy groups -OCH3 is 1. The van der Waals surface area contributed by atoms with Gasteiger partial charge < -0.3 is 47.7 Å². The zero-order valence-electron chi connectivity index (χ0n) is 65.1. The number of fused-ring (bicyclic) bond motifs is 4. The van der Waals surface area contributed by atoms with Gasteiger partial charge in [-0.3, -0.25) is 19.2 Å². The maximum absolute atomic E-state index is 14.9. The molecule has 0 atom stereocenters. The van der Waals surface area contributed by atoms with E-state index in [0.717, 1.165) is 75.1 Å². The minimum atomic E-state index is -0.464. The summed E-state index contributed by atoms with van der Waals surface area (Å²) in [5, 5.41) is 0.616. The summed E-state index contributed by atoms with van der Waals surface area (Å²) in [6.07, 6.45) is 15.5. The number of nitrogens with zero attached hydrogens (tertiary/aromatic N) is 13. The molecule has 20 rings (SSSR count). The molecule has 23 nitrogen and oxygen atoms in total. The van der Waals surface area contributed by atoms with Gasteiger partial charge in [0.15, 0.2) is 58.2 Å². The number of ether oxygens (including phenoxy) is 2. The van der Waals surface area contributed by atoms with Crippen molar-refractivity contribution in [2.45, 2.75) is 20.0 Å². The molecule has 13 heterocycles. The summed E-state index contributed by atoms with van der Waals surface area (Å²) in [5.74, 6) is 4.31. The number of imidazole rings is 4. The van der Waals surface area contributed by atoms with Gasteiger partial charge in [0.2, 0.25) is 5.88 Å². The lowest BCUT2D eigenvalue weighted by molar-refractivity contribution is 0.231. The third kappa shape index (κ3) is 15.5. The molecule has 0 amide bonds. The van der Waals surface area contributed by atoms with Gasteiger partial charge in [-0.25, -0.2) is 49.2 Å². The Bertz CT molecular complexity index is 7420. The minimum Gasteiger partial charge on any atom is -0.488 e. The number of thiophene rings is 4. The van der Waals surface area contributed by atoms with E-state index >= 15 is 0 Å². The first-order valence-electron chi connectivity index (χ1n) is 37.6. The molecule has 4 N–H and O–H groups in total. The van der Waals surface area contributed by atoms with Crippen molar-refractivity contribution >= 4 is 97.8 Å². The van der Waals surface area contributed by atoms with Crippen molar-refractivity contribution in [1.29, 1.82) is 0 Å². The molecule has 20 aromatic rings. The van der Waals surface area contributed by atoms with Gasteiger partial charge in [-0.05, 0) is 71.5 Å². The molecule has 0 saturated heterocycles. The average Bonchev–Trinajstić information content (AvgIpc) is 1.62. The predicted octanol–water partition coefficient (Wildman–Crippen LogP) is 19.9. The zero-order valence-corrected chi connectivity index (χ0v) is 69.1. The Hall–Kier alpha value is -14.3. The number of aromatic amines is 4. The van der Waals surface area contributed by atoms with Crippen LogP contribution in [0.15, 0.2) is 281 Å². The summed E-state index contributed by atoms with van der Waals surface area (Å²) in [6, 6.07) is 66.1. The molecule has 0 spiro atoms. The van der Waals surface area contributed by atoms with E-state index in [0.29, 0.717) is 109 Å². The molecule has 0 bridgehead atoms. The van der Waals surface area contributed by atoms with Crippen molar-refractivity contribution in [2.75, 3.05) is 7.11 Å². The van der Waals surface area contributed by atoms with Crippen LogP contribution < -0.4 is 31.7 Å². The first-order valence-corrected chi connectivity index (χ1v) is 41.2. The molecular formula is C91H69ClFN17O6S4. The van der Waals surface area contributed by atoms with Crippen LogP contribution in [0.3, 0.4) is 0 Å². The van der Waals surface area contributed by atoms with Gasteiger partial charge in [-0.2, -0.15) is 0 Å². The molecule has 592 valence electrons. The van der Waals surface area contributed by atoms with Gasteiger partial charge in [0.05, 0.1) is 35.3 Å². The number of halogens is 2. The third-order valence-electron chi connectivity index (χ3n) is 19.5. The number of nitrogens with one attached hydrogen (secondary N) is 4. The quantitative estimate of drug-likeness (QED) is 0.0742. The molecule has 0 fully saturated rings. The normalized spacial score (nSPS) is 11.2. The fraction of sp³-hybridized carbons (Fsp3) is 0.0879. The van der Waals surface area contributed by atoms with E-state index in [4.69, 9.17) is 41.0 Å². The number of aryl methyl sites for hydroxylation is 4. The molecule has 13 aromatic heterocycles. The van der Waals surface area contributed by atoms with Crippen LogP contribution in [0.1, 0.15) is 13.8 Å². The Kier molecular flexibility index (Phi) is 22.0. The Balaban J connectivity index is 0.000000114. The van der Waals surface area contributed by atoms with Gasteiger partial charge in [-0.1, -0.05) is 188 Å². The van der Waals surface area contributed by atoms with E-state index in [9.17, 15) is 23.6 Å². The predicted molar refractivity (Wildman–Crippen MR) is 478 cm³/mol. The highest BCUT2D eigenvalue weighted by atomic mass is 35.5. The molecular weight excluding hydrogens is 1610 g/mol. The lowest BCUT2D eigenvalue weighted by Crippen LogP contribution is -2.10. The Morgan fingerprint density at radius 3 is 1.01 bits per heavy atom. The molecule has 7 aromatic carbocycles. The minimum absolute atomic E-state index is 0.146. The van der Waals surface area contributed by atoms with Crippen molar-refractivity contribution in [2.24, 2.45) is 28.2 Å². The number of rotatable bonds is 15. The lowest BCUT2D eigenvalue weighted by atomic mass is 10.0. The highest BCUT2D eigenvalue weighted by Crippen LogP contribution is 2.49. The number of benzene rings is 7. The summed E-state index contributed by atoms with van der Waals surface area (Å²) in [5.41, 5.74) is 12.5. The number of H-pyrrole nitrogens is 4. The van der Waals surface area contributed by atoms with Crippen molar-refractivity contribution in [1.82, 2.24) is 83.1 Å². The molecule has 0 radical (unpaired) electrons. The maximum atomic E-state index is 14.9. The van der Waals surface area contributed by atoms with Gasteiger partial charge >= 0.3 is 0 Å². The standard InChI is InChI=1S/C25H21FN4O2S.C22H15ClN4OS.C22H17N5O2S.C22H16N4OS/c1-14(2)32-18-10-9-16(13-17(18)26)19-20-22(33-21(19)15-7-5-4-6-8-15)25(31)29-23(28-20)24-27-11-12-30(24)3;1-27-12-11-24-21(27)20-25-17-16(14-9-5-6-10-15(14)23)18(13-7-3-2-4-8-13)29-19(17)22(28)26-20;1-27-11-10-23-21(27)20-25-17-16(14-8-9-15(29-2)24-12-14)18(13-6-4-3-5-7-13)30-19(17)22(28)26-20;1-26-13-12-23-21(26)20-24-17-16(14-8-4-2-5-9-14)18(15-10-6-3-7-11-15)28-19(17)22(27)25-20/h4-14H,1-3H3,(H,28,29,31);2-12H,1H3,(H,25,26,28);3-12H,1-2H3,(H,25,26,28);2-13H,1H3,(H,24,25,27). The van der Waals surface area contributed by atoms with E-state index in [2.05, 4.69) is 69.1 Å². The molecule has 0 aliphatic carbocycles. The molecule has 0 saturated carbocycles. The van der Waals surface area contributed by atoms with Crippen LogP contribution in [0.2, 0.25) is 5.02 Å². The van der Waals surface area contributed by atoms with Crippen LogP contribution in [0.5, 0.6) is 11.6 Å². The highest BCUT2D eigenvalue weighted by Gasteiger charge is 2.28. The van der Waals surface area contributed by atoms with Crippen LogP contribution in [0.4, 0.5) is 4.39 Å². The summed E-state index contributed by atoms with van der Waals surface area (Å²) >= 11 is 12.2. The van der Waals surface area contributed by atoms with E-state index in [1.54, 1.807) is 67.1 Å². The van der Waals surface area contributed by atoms with Crippen molar-refractivity contribution in [3.8, 4) is 144 Å². The molecule has 120 heavy (non-hydrogen) atoms. The van der Waals surface area contributed by atoms with E-state index in [1.807, 2.05) is 232 Å². The molecule has 0 aliphatic heterocycles. The number of hydrogen-bond donors (Lipinski definition) is 4. The van der Waals surface area contributed by atoms with Crippen LogP contribution in [-0.2, 0) is 28.2 Å². The number of pyridine rings is 1. The maximum Gasteiger partial charge on any atom is 0.269 e. The molecule has 29 heteroatoms. The number of hydrogen-bond acceptors (Lipinski definition) is 19. The third-order valence-corrected chi connectivity index (χ3v) is 24.7. The second-order valence-electron chi connectivity index (χ2n) is 27.8.